The summed E-state index contributed by atoms with van der Waals surface area (Å²) in [6.07, 6.45) is -2.98. The average Bonchev–Trinajstić information content (AvgIpc) is 2.91. The van der Waals surface area contributed by atoms with Gasteiger partial charge in [0, 0.05) is 6.04 Å². The van der Waals surface area contributed by atoms with Crippen LogP contribution in [0, 0.1) is 0 Å². The average molecular weight is 294 g/mol. The van der Waals surface area contributed by atoms with E-state index >= 15 is 0 Å². The van der Waals surface area contributed by atoms with Crippen molar-refractivity contribution in [3.63, 3.8) is 0 Å². The molecular formula is C16H17F3N2. The van der Waals surface area contributed by atoms with E-state index in [1.807, 2.05) is 25.8 Å². The molecule has 0 amide bonds. The number of halogens is 3. The van der Waals surface area contributed by atoms with Crippen molar-refractivity contribution in [2.75, 3.05) is 6.54 Å². The highest BCUT2D eigenvalue weighted by Gasteiger charge is 2.51. The molecule has 2 aliphatic rings. The molecule has 1 spiro atoms. The number of hydrogen-bond donors (Lipinski definition) is 0. The van der Waals surface area contributed by atoms with Crippen LogP contribution in [0.25, 0.3) is 5.57 Å². The van der Waals surface area contributed by atoms with E-state index in [1.165, 1.54) is 6.08 Å². The summed E-state index contributed by atoms with van der Waals surface area (Å²) >= 11 is 0. The monoisotopic (exact) mass is 294 g/mol. The lowest BCUT2D eigenvalue weighted by Crippen LogP contribution is -2.36. The number of hydrogen-bond acceptors (Lipinski definition) is 2. The van der Waals surface area contributed by atoms with Crippen LogP contribution in [0.15, 0.2) is 35.4 Å². The van der Waals surface area contributed by atoms with Crippen LogP contribution in [0.5, 0.6) is 0 Å². The predicted octanol–water partition coefficient (Wildman–Crippen LogP) is 3.98. The van der Waals surface area contributed by atoms with Gasteiger partial charge >= 0.3 is 6.18 Å². The van der Waals surface area contributed by atoms with Crippen molar-refractivity contribution in [3.05, 3.63) is 41.5 Å². The zero-order valence-electron chi connectivity index (χ0n) is 12.2. The van der Waals surface area contributed by atoms with Gasteiger partial charge in [-0.3, -0.25) is 5.01 Å². The van der Waals surface area contributed by atoms with Gasteiger partial charge in [-0.15, -0.1) is 0 Å². The third-order valence-electron chi connectivity index (χ3n) is 4.33. The molecule has 21 heavy (non-hydrogen) atoms. The predicted molar refractivity (Wildman–Crippen MR) is 77.1 cm³/mol. The van der Waals surface area contributed by atoms with Gasteiger partial charge in [-0.05, 0) is 31.9 Å². The molecule has 112 valence electrons. The molecule has 0 aromatic heterocycles. The zero-order valence-corrected chi connectivity index (χ0v) is 12.2. The molecule has 0 saturated carbocycles. The Morgan fingerprint density at radius 1 is 1.24 bits per heavy atom. The van der Waals surface area contributed by atoms with Gasteiger partial charge in [-0.25, -0.2) is 0 Å². The number of rotatable bonds is 1. The van der Waals surface area contributed by atoms with Crippen molar-refractivity contribution in [3.8, 4) is 0 Å². The van der Waals surface area contributed by atoms with E-state index in [0.29, 0.717) is 12.1 Å². The van der Waals surface area contributed by atoms with Crippen molar-refractivity contribution >= 4 is 11.3 Å². The highest BCUT2D eigenvalue weighted by Crippen LogP contribution is 2.50. The Hall–Kier alpha value is -1.78. The van der Waals surface area contributed by atoms with Crippen LogP contribution in [0.1, 0.15) is 31.9 Å². The summed E-state index contributed by atoms with van der Waals surface area (Å²) < 4.78 is 40.0. The van der Waals surface area contributed by atoms with Gasteiger partial charge < -0.3 is 0 Å². The summed E-state index contributed by atoms with van der Waals surface area (Å²) in [7, 11) is 0. The lowest BCUT2D eigenvalue weighted by molar-refractivity contribution is -0.0688. The molecule has 0 saturated heterocycles. The SMILES string of the molecule is CC1=NN(C(C)C)CC12C=C(C(F)(F)F)c1ccccc12. The number of benzene rings is 1. The number of hydrazone groups is 1. The van der Waals surface area contributed by atoms with Gasteiger partial charge in [0.15, 0.2) is 0 Å². The molecule has 0 fully saturated rings. The van der Waals surface area contributed by atoms with E-state index in [0.717, 1.165) is 5.71 Å². The Kier molecular flexibility index (Phi) is 2.94. The lowest BCUT2D eigenvalue weighted by atomic mass is 9.79. The van der Waals surface area contributed by atoms with E-state index in [-0.39, 0.29) is 11.6 Å². The number of fused-ring (bicyclic) bond motifs is 2. The quantitative estimate of drug-likeness (QED) is 0.765. The second kappa shape index (κ2) is 4.36. The molecule has 2 nitrogen and oxygen atoms in total. The Morgan fingerprint density at radius 2 is 1.90 bits per heavy atom. The van der Waals surface area contributed by atoms with Crippen molar-refractivity contribution < 1.29 is 13.2 Å². The molecule has 0 N–H and O–H groups in total. The van der Waals surface area contributed by atoms with Crippen LogP contribution in [-0.2, 0) is 5.41 Å². The van der Waals surface area contributed by atoms with Gasteiger partial charge in [0.25, 0.3) is 0 Å². The highest BCUT2D eigenvalue weighted by atomic mass is 19.4. The second-order valence-electron chi connectivity index (χ2n) is 5.95. The van der Waals surface area contributed by atoms with Crippen molar-refractivity contribution in [2.45, 2.75) is 38.4 Å². The highest BCUT2D eigenvalue weighted by molar-refractivity contribution is 6.02. The first-order valence-electron chi connectivity index (χ1n) is 6.98. The smallest absolute Gasteiger partial charge is 0.293 e. The summed E-state index contributed by atoms with van der Waals surface area (Å²) in [5, 5.41) is 6.34. The van der Waals surface area contributed by atoms with Gasteiger partial charge in [0.1, 0.15) is 0 Å². The van der Waals surface area contributed by atoms with E-state index < -0.39 is 17.2 Å². The minimum atomic E-state index is -4.34. The fraction of sp³-hybridized carbons (Fsp3) is 0.438. The van der Waals surface area contributed by atoms with Crippen LogP contribution in [0.4, 0.5) is 13.2 Å². The first-order valence-corrected chi connectivity index (χ1v) is 6.98. The molecule has 1 aliphatic heterocycles. The summed E-state index contributed by atoms with van der Waals surface area (Å²) in [5.41, 5.74) is 0.430. The topological polar surface area (TPSA) is 15.6 Å². The number of alkyl halides is 3. The van der Waals surface area contributed by atoms with E-state index in [4.69, 9.17) is 0 Å². The third-order valence-corrected chi connectivity index (χ3v) is 4.33. The maximum Gasteiger partial charge on any atom is 0.416 e. The Labute approximate surface area is 122 Å². The second-order valence-corrected chi connectivity index (χ2v) is 5.95. The van der Waals surface area contributed by atoms with Crippen LogP contribution in [-0.4, -0.2) is 29.5 Å². The molecule has 1 heterocycles. The first kappa shape index (κ1) is 14.2. The fourth-order valence-electron chi connectivity index (χ4n) is 3.16. The van der Waals surface area contributed by atoms with E-state index in [2.05, 4.69) is 5.10 Å². The van der Waals surface area contributed by atoms with Crippen molar-refractivity contribution in [1.29, 1.82) is 0 Å². The van der Waals surface area contributed by atoms with E-state index in [1.54, 1.807) is 24.3 Å². The zero-order chi connectivity index (χ0) is 15.4. The largest absolute Gasteiger partial charge is 0.416 e. The summed E-state index contributed by atoms with van der Waals surface area (Å²) in [6, 6.07) is 6.94. The Morgan fingerprint density at radius 3 is 2.48 bits per heavy atom. The normalized spacial score (nSPS) is 24.6. The van der Waals surface area contributed by atoms with Gasteiger partial charge in [-0.1, -0.05) is 30.3 Å². The molecule has 1 aromatic rings. The summed E-state index contributed by atoms with van der Waals surface area (Å²) in [6.45, 7) is 6.26. The first-order chi connectivity index (χ1) is 9.75. The Bertz CT molecular complexity index is 643. The van der Waals surface area contributed by atoms with Gasteiger partial charge in [0.2, 0.25) is 0 Å². The van der Waals surface area contributed by atoms with Crippen LogP contribution in [0.2, 0.25) is 0 Å². The third kappa shape index (κ3) is 1.98. The molecule has 0 bridgehead atoms. The van der Waals surface area contributed by atoms with Crippen molar-refractivity contribution in [1.82, 2.24) is 5.01 Å². The van der Waals surface area contributed by atoms with Gasteiger partial charge in [0.05, 0.1) is 23.2 Å². The summed E-state index contributed by atoms with van der Waals surface area (Å²) in [5.74, 6) is 0. The van der Waals surface area contributed by atoms with Crippen LogP contribution in [0.3, 0.4) is 0 Å². The standard InChI is InChI=1S/C16H17F3N2/c1-10(2)21-9-15(11(3)20-21)8-14(16(17,18)19)12-6-4-5-7-13(12)15/h4-8,10H,9H2,1-3H3. The molecule has 1 aliphatic carbocycles. The fourth-order valence-corrected chi connectivity index (χ4v) is 3.16. The number of allylic oxidation sites excluding steroid dienone is 1. The molecule has 5 heteroatoms. The van der Waals surface area contributed by atoms with Crippen LogP contribution >= 0.6 is 0 Å². The molecule has 1 atom stereocenters. The molecule has 1 aromatic carbocycles. The molecule has 0 radical (unpaired) electrons. The Balaban J connectivity index is 2.17. The van der Waals surface area contributed by atoms with Gasteiger partial charge in [-0.2, -0.15) is 18.3 Å². The molecular weight excluding hydrogens is 277 g/mol. The minimum absolute atomic E-state index is 0.162. The maximum atomic E-state index is 13.3. The molecule has 1 unspecified atom stereocenters. The molecule has 3 rings (SSSR count). The minimum Gasteiger partial charge on any atom is -0.293 e. The lowest BCUT2D eigenvalue weighted by Gasteiger charge is -2.26. The number of nitrogens with zero attached hydrogens (tertiary/aromatic N) is 2. The van der Waals surface area contributed by atoms with Crippen LogP contribution < -0.4 is 0 Å². The van der Waals surface area contributed by atoms with Crippen molar-refractivity contribution in [2.24, 2.45) is 5.10 Å². The summed E-state index contributed by atoms with van der Waals surface area (Å²) in [4.78, 5) is 0. The maximum absolute atomic E-state index is 13.3. The van der Waals surface area contributed by atoms with E-state index in [9.17, 15) is 13.2 Å².